The molecule has 0 saturated heterocycles. The summed E-state index contributed by atoms with van der Waals surface area (Å²) in [5, 5.41) is 0. The minimum atomic E-state index is 0.00116. The SMILES string of the molecule is N[C@@H]1CCc2ccc(Br)cc2[C@H]1N. The molecule has 0 spiro atoms. The number of halogens is 1. The third-order valence-corrected chi connectivity index (χ3v) is 3.17. The van der Waals surface area contributed by atoms with Crippen LogP contribution in [0.25, 0.3) is 0 Å². The maximum Gasteiger partial charge on any atom is 0.0451 e. The molecule has 1 aromatic rings. The minimum absolute atomic E-state index is 0.00116. The van der Waals surface area contributed by atoms with Crippen LogP contribution in [-0.4, -0.2) is 6.04 Å². The van der Waals surface area contributed by atoms with Crippen molar-refractivity contribution in [1.29, 1.82) is 0 Å². The van der Waals surface area contributed by atoms with Gasteiger partial charge in [-0.25, -0.2) is 0 Å². The highest BCUT2D eigenvalue weighted by Gasteiger charge is 2.23. The van der Waals surface area contributed by atoms with Gasteiger partial charge in [0.15, 0.2) is 0 Å². The van der Waals surface area contributed by atoms with Gasteiger partial charge in [-0.2, -0.15) is 0 Å². The van der Waals surface area contributed by atoms with E-state index in [2.05, 4.69) is 34.1 Å². The standard InChI is InChI=1S/C10H13BrN2/c11-7-3-1-6-2-4-9(12)10(13)8(6)5-7/h1,3,5,9-10H,2,4,12-13H2/t9-,10-/m1/s1. The van der Waals surface area contributed by atoms with Crippen molar-refractivity contribution in [3.8, 4) is 0 Å². The molecule has 2 rings (SSSR count). The van der Waals surface area contributed by atoms with Crippen LogP contribution >= 0.6 is 15.9 Å². The van der Waals surface area contributed by atoms with E-state index in [1.54, 1.807) is 0 Å². The van der Waals surface area contributed by atoms with Crippen molar-refractivity contribution in [2.45, 2.75) is 24.9 Å². The van der Waals surface area contributed by atoms with Crippen LogP contribution < -0.4 is 11.5 Å². The zero-order valence-electron chi connectivity index (χ0n) is 7.33. The molecular weight excluding hydrogens is 228 g/mol. The van der Waals surface area contributed by atoms with Gasteiger partial charge in [0.05, 0.1) is 0 Å². The highest BCUT2D eigenvalue weighted by molar-refractivity contribution is 9.10. The predicted octanol–water partition coefficient (Wildman–Crippen LogP) is 1.72. The van der Waals surface area contributed by atoms with Gasteiger partial charge in [0.2, 0.25) is 0 Å². The van der Waals surface area contributed by atoms with Crippen LogP contribution in [-0.2, 0) is 6.42 Å². The van der Waals surface area contributed by atoms with Gasteiger partial charge >= 0.3 is 0 Å². The van der Waals surface area contributed by atoms with E-state index in [1.165, 1.54) is 11.1 Å². The first-order valence-corrected chi connectivity index (χ1v) is 5.27. The van der Waals surface area contributed by atoms with Crippen molar-refractivity contribution in [1.82, 2.24) is 0 Å². The summed E-state index contributed by atoms with van der Waals surface area (Å²) in [6.07, 6.45) is 2.05. The topological polar surface area (TPSA) is 52.0 Å². The number of benzene rings is 1. The maximum atomic E-state index is 6.01. The van der Waals surface area contributed by atoms with Crippen LogP contribution in [0, 0.1) is 0 Å². The minimum Gasteiger partial charge on any atom is -0.326 e. The normalized spacial score (nSPS) is 27.0. The first kappa shape index (κ1) is 9.19. The Kier molecular flexibility index (Phi) is 2.41. The van der Waals surface area contributed by atoms with E-state index in [4.69, 9.17) is 11.5 Å². The van der Waals surface area contributed by atoms with E-state index in [0.717, 1.165) is 17.3 Å². The summed E-state index contributed by atoms with van der Waals surface area (Å²) in [6, 6.07) is 6.38. The van der Waals surface area contributed by atoms with Crippen molar-refractivity contribution in [2.24, 2.45) is 11.5 Å². The Morgan fingerprint density at radius 3 is 2.85 bits per heavy atom. The molecule has 0 bridgehead atoms. The number of hydrogen-bond donors (Lipinski definition) is 2. The molecule has 1 aromatic carbocycles. The average Bonchev–Trinajstić information content (AvgIpc) is 2.12. The lowest BCUT2D eigenvalue weighted by atomic mass is 9.85. The molecule has 2 nitrogen and oxygen atoms in total. The van der Waals surface area contributed by atoms with E-state index in [1.807, 2.05) is 0 Å². The highest BCUT2D eigenvalue weighted by Crippen LogP contribution is 2.29. The molecule has 13 heavy (non-hydrogen) atoms. The van der Waals surface area contributed by atoms with Gasteiger partial charge in [0.25, 0.3) is 0 Å². The van der Waals surface area contributed by atoms with E-state index < -0.39 is 0 Å². The third kappa shape index (κ3) is 1.64. The molecule has 0 aliphatic heterocycles. The predicted molar refractivity (Wildman–Crippen MR) is 57.4 cm³/mol. The van der Waals surface area contributed by atoms with Crippen LogP contribution in [0.15, 0.2) is 22.7 Å². The van der Waals surface area contributed by atoms with Crippen LogP contribution in [0.5, 0.6) is 0 Å². The quantitative estimate of drug-likeness (QED) is 0.726. The van der Waals surface area contributed by atoms with E-state index in [-0.39, 0.29) is 12.1 Å². The Balaban J connectivity index is 2.45. The summed E-state index contributed by atoms with van der Waals surface area (Å²) < 4.78 is 1.08. The second-order valence-corrected chi connectivity index (χ2v) is 4.49. The van der Waals surface area contributed by atoms with Crippen molar-refractivity contribution < 1.29 is 0 Å². The highest BCUT2D eigenvalue weighted by atomic mass is 79.9. The molecular formula is C10H13BrN2. The van der Waals surface area contributed by atoms with E-state index in [9.17, 15) is 0 Å². The fourth-order valence-corrected chi connectivity index (χ4v) is 2.21. The van der Waals surface area contributed by atoms with Crippen LogP contribution in [0.4, 0.5) is 0 Å². The van der Waals surface area contributed by atoms with Crippen LogP contribution in [0.2, 0.25) is 0 Å². The summed E-state index contributed by atoms with van der Waals surface area (Å²) in [6.45, 7) is 0. The van der Waals surface area contributed by atoms with Crippen molar-refractivity contribution >= 4 is 15.9 Å². The van der Waals surface area contributed by atoms with Crippen molar-refractivity contribution in [3.63, 3.8) is 0 Å². The fourth-order valence-electron chi connectivity index (χ4n) is 1.84. The Labute approximate surface area is 86.4 Å². The molecule has 0 saturated carbocycles. The fraction of sp³-hybridized carbons (Fsp3) is 0.400. The van der Waals surface area contributed by atoms with Gasteiger partial charge < -0.3 is 11.5 Å². The van der Waals surface area contributed by atoms with Crippen molar-refractivity contribution in [3.05, 3.63) is 33.8 Å². The molecule has 0 aromatic heterocycles. The van der Waals surface area contributed by atoms with Crippen LogP contribution in [0.1, 0.15) is 23.6 Å². The lowest BCUT2D eigenvalue weighted by molar-refractivity contribution is 0.481. The first-order valence-electron chi connectivity index (χ1n) is 4.48. The first-order chi connectivity index (χ1) is 6.18. The molecule has 3 heteroatoms. The number of aryl methyl sites for hydroxylation is 1. The molecule has 0 heterocycles. The number of hydrogen-bond acceptors (Lipinski definition) is 2. The van der Waals surface area contributed by atoms with Crippen LogP contribution in [0.3, 0.4) is 0 Å². The van der Waals surface area contributed by atoms with E-state index in [0.29, 0.717) is 0 Å². The Morgan fingerprint density at radius 1 is 1.31 bits per heavy atom. The Hall–Kier alpha value is -0.380. The molecule has 1 aliphatic carbocycles. The monoisotopic (exact) mass is 240 g/mol. The second kappa shape index (κ2) is 3.40. The van der Waals surface area contributed by atoms with Gasteiger partial charge in [0, 0.05) is 16.6 Å². The summed E-state index contributed by atoms with van der Waals surface area (Å²) >= 11 is 3.44. The number of nitrogens with two attached hydrogens (primary N) is 2. The van der Waals surface area contributed by atoms with E-state index >= 15 is 0 Å². The number of rotatable bonds is 0. The van der Waals surface area contributed by atoms with Gasteiger partial charge in [-0.15, -0.1) is 0 Å². The third-order valence-electron chi connectivity index (χ3n) is 2.68. The summed E-state index contributed by atoms with van der Waals surface area (Å²) in [4.78, 5) is 0. The molecule has 2 atom stereocenters. The van der Waals surface area contributed by atoms with Crippen molar-refractivity contribution in [2.75, 3.05) is 0 Å². The van der Waals surface area contributed by atoms with Gasteiger partial charge in [-0.1, -0.05) is 22.0 Å². The molecule has 0 unspecified atom stereocenters. The smallest absolute Gasteiger partial charge is 0.0451 e. The molecule has 0 radical (unpaired) electrons. The molecule has 4 N–H and O–H groups in total. The molecule has 0 amide bonds. The van der Waals surface area contributed by atoms with Gasteiger partial charge in [0.1, 0.15) is 0 Å². The summed E-state index contributed by atoms with van der Waals surface area (Å²) in [5.74, 6) is 0. The largest absolute Gasteiger partial charge is 0.326 e. The molecule has 70 valence electrons. The molecule has 0 fully saturated rings. The number of fused-ring (bicyclic) bond motifs is 1. The summed E-state index contributed by atoms with van der Waals surface area (Å²) in [5.41, 5.74) is 14.5. The Bertz CT molecular complexity index is 325. The molecule has 1 aliphatic rings. The lowest BCUT2D eigenvalue weighted by Gasteiger charge is -2.28. The zero-order chi connectivity index (χ0) is 9.42. The zero-order valence-corrected chi connectivity index (χ0v) is 8.92. The summed E-state index contributed by atoms with van der Waals surface area (Å²) in [7, 11) is 0. The van der Waals surface area contributed by atoms with Gasteiger partial charge in [-0.05, 0) is 36.1 Å². The average molecular weight is 241 g/mol. The van der Waals surface area contributed by atoms with Gasteiger partial charge in [-0.3, -0.25) is 0 Å². The Morgan fingerprint density at radius 2 is 2.08 bits per heavy atom. The maximum absolute atomic E-state index is 6.01. The lowest BCUT2D eigenvalue weighted by Crippen LogP contribution is -2.38. The second-order valence-electron chi connectivity index (χ2n) is 3.57.